The molecule has 2 bridgehead atoms. The Morgan fingerprint density at radius 3 is 2.19 bits per heavy atom. The summed E-state index contributed by atoms with van der Waals surface area (Å²) in [6.07, 6.45) is -2.47. The number of carbonyl (C=O) groups is 2. The standard InChI is InChI=1S/C20H19NO5/c22-18-20-25-16(17(26-20)19(23)24)15(11-13-7-3-1-4-8-13)21(18)12-14-9-5-2-6-10-14/h1-10,15-17,20H,11-12H2,(H,23,24)/t15-,16-,17+,20+/m1/s1. The van der Waals surface area contributed by atoms with Gasteiger partial charge in [-0.1, -0.05) is 60.7 Å². The van der Waals surface area contributed by atoms with Crippen molar-refractivity contribution < 1.29 is 24.2 Å². The average Bonchev–Trinajstić information content (AvgIpc) is 3.07. The third-order valence-electron chi connectivity index (χ3n) is 4.84. The number of benzene rings is 2. The van der Waals surface area contributed by atoms with E-state index in [0.717, 1.165) is 11.1 Å². The number of fused-ring (bicyclic) bond motifs is 2. The largest absolute Gasteiger partial charge is 0.479 e. The maximum atomic E-state index is 12.8. The van der Waals surface area contributed by atoms with Gasteiger partial charge < -0.3 is 19.5 Å². The van der Waals surface area contributed by atoms with Gasteiger partial charge in [-0.15, -0.1) is 0 Å². The summed E-state index contributed by atoms with van der Waals surface area (Å²) in [5, 5.41) is 9.47. The predicted octanol–water partition coefficient (Wildman–Crippen LogP) is 1.83. The highest BCUT2D eigenvalue weighted by atomic mass is 16.7. The van der Waals surface area contributed by atoms with Crippen molar-refractivity contribution in [3.8, 4) is 0 Å². The van der Waals surface area contributed by atoms with E-state index in [2.05, 4.69) is 0 Å². The lowest BCUT2D eigenvalue weighted by molar-refractivity contribution is -0.179. The second kappa shape index (κ2) is 6.90. The van der Waals surface area contributed by atoms with Gasteiger partial charge in [0.25, 0.3) is 5.91 Å². The molecular weight excluding hydrogens is 334 g/mol. The fourth-order valence-corrected chi connectivity index (χ4v) is 3.60. The van der Waals surface area contributed by atoms with Gasteiger partial charge in [0.05, 0.1) is 6.04 Å². The number of carboxylic acid groups (broad SMARTS) is 1. The van der Waals surface area contributed by atoms with Crippen LogP contribution < -0.4 is 0 Å². The quantitative estimate of drug-likeness (QED) is 0.888. The first kappa shape index (κ1) is 16.8. The van der Waals surface area contributed by atoms with Crippen LogP contribution in [0.2, 0.25) is 0 Å². The molecule has 2 aromatic rings. The van der Waals surface area contributed by atoms with Gasteiger partial charge in [0.1, 0.15) is 6.10 Å². The molecule has 2 aliphatic rings. The minimum absolute atomic E-state index is 0.324. The molecule has 6 nitrogen and oxygen atoms in total. The van der Waals surface area contributed by atoms with Crippen molar-refractivity contribution in [3.63, 3.8) is 0 Å². The van der Waals surface area contributed by atoms with Crippen LogP contribution in [0.15, 0.2) is 60.7 Å². The Morgan fingerprint density at radius 1 is 0.962 bits per heavy atom. The van der Waals surface area contributed by atoms with Crippen LogP contribution in [0, 0.1) is 0 Å². The van der Waals surface area contributed by atoms with E-state index in [4.69, 9.17) is 9.47 Å². The third kappa shape index (κ3) is 3.09. The van der Waals surface area contributed by atoms with Crippen LogP contribution >= 0.6 is 0 Å². The van der Waals surface area contributed by atoms with E-state index in [1.807, 2.05) is 60.7 Å². The van der Waals surface area contributed by atoms with E-state index < -0.39 is 30.5 Å². The maximum absolute atomic E-state index is 12.8. The Bertz CT molecular complexity index is 794. The van der Waals surface area contributed by atoms with E-state index in [0.29, 0.717) is 13.0 Å². The molecule has 0 spiro atoms. The molecule has 26 heavy (non-hydrogen) atoms. The zero-order valence-corrected chi connectivity index (χ0v) is 14.0. The summed E-state index contributed by atoms with van der Waals surface area (Å²) in [5.74, 6) is -1.43. The first-order valence-electron chi connectivity index (χ1n) is 8.55. The fraction of sp³-hybridized carbons (Fsp3) is 0.300. The van der Waals surface area contributed by atoms with Gasteiger partial charge in [0, 0.05) is 6.54 Å². The van der Waals surface area contributed by atoms with Crippen LogP contribution in [0.4, 0.5) is 0 Å². The second-order valence-electron chi connectivity index (χ2n) is 6.54. The molecule has 0 saturated carbocycles. The summed E-state index contributed by atoms with van der Waals surface area (Å²) < 4.78 is 11.0. The van der Waals surface area contributed by atoms with Gasteiger partial charge in [0.15, 0.2) is 6.10 Å². The Labute approximate surface area is 151 Å². The van der Waals surface area contributed by atoms with Gasteiger partial charge in [0.2, 0.25) is 6.29 Å². The Balaban J connectivity index is 1.67. The highest BCUT2D eigenvalue weighted by Gasteiger charge is 2.55. The van der Waals surface area contributed by atoms with Crippen molar-refractivity contribution in [1.82, 2.24) is 4.90 Å². The number of carbonyl (C=O) groups excluding carboxylic acids is 1. The summed E-state index contributed by atoms with van der Waals surface area (Å²) in [6.45, 7) is 0.392. The molecule has 2 aliphatic heterocycles. The lowest BCUT2D eigenvalue weighted by Crippen LogP contribution is -2.57. The van der Waals surface area contributed by atoms with Crippen LogP contribution in [0.1, 0.15) is 11.1 Å². The van der Waals surface area contributed by atoms with E-state index >= 15 is 0 Å². The summed E-state index contributed by atoms with van der Waals surface area (Å²) in [4.78, 5) is 26.1. The maximum Gasteiger partial charge on any atom is 0.335 e. The second-order valence-corrected chi connectivity index (χ2v) is 6.54. The molecule has 0 aliphatic carbocycles. The van der Waals surface area contributed by atoms with Crippen molar-refractivity contribution >= 4 is 11.9 Å². The molecule has 2 heterocycles. The molecule has 6 heteroatoms. The number of morpholine rings is 1. The van der Waals surface area contributed by atoms with E-state index in [-0.39, 0.29) is 5.91 Å². The van der Waals surface area contributed by atoms with Crippen LogP contribution in [0.25, 0.3) is 0 Å². The molecule has 0 aromatic heterocycles. The van der Waals surface area contributed by atoms with Gasteiger partial charge >= 0.3 is 5.97 Å². The molecule has 1 amide bonds. The number of ether oxygens (including phenoxy) is 2. The molecule has 0 radical (unpaired) electrons. The number of hydrogen-bond acceptors (Lipinski definition) is 4. The SMILES string of the molecule is O=C(O)[C@H]1O[C@@H]2O[C@@H]1[C@@H](Cc1ccccc1)N(Cc1ccccc1)C2=O. The lowest BCUT2D eigenvalue weighted by atomic mass is 9.95. The molecule has 2 fully saturated rings. The minimum Gasteiger partial charge on any atom is -0.479 e. The van der Waals surface area contributed by atoms with Gasteiger partial charge in [-0.05, 0) is 17.5 Å². The normalized spacial score (nSPS) is 27.5. The molecular formula is C20H19NO5. The Hall–Kier alpha value is -2.70. The molecule has 134 valence electrons. The van der Waals surface area contributed by atoms with Gasteiger partial charge in [-0.3, -0.25) is 4.79 Å². The summed E-state index contributed by atoms with van der Waals surface area (Å²) >= 11 is 0. The van der Waals surface area contributed by atoms with Crippen molar-refractivity contribution in [2.75, 3.05) is 0 Å². The average molecular weight is 353 g/mol. The zero-order valence-electron chi connectivity index (χ0n) is 14.0. The van der Waals surface area contributed by atoms with Crippen LogP contribution in [0.5, 0.6) is 0 Å². The zero-order chi connectivity index (χ0) is 18.1. The number of carboxylic acids is 1. The molecule has 0 unspecified atom stereocenters. The molecule has 1 N–H and O–H groups in total. The van der Waals surface area contributed by atoms with Crippen LogP contribution in [-0.4, -0.2) is 46.4 Å². The van der Waals surface area contributed by atoms with Gasteiger partial charge in [-0.25, -0.2) is 4.79 Å². The number of hydrogen-bond donors (Lipinski definition) is 1. The van der Waals surface area contributed by atoms with Crippen molar-refractivity contribution in [1.29, 1.82) is 0 Å². The Morgan fingerprint density at radius 2 is 1.58 bits per heavy atom. The van der Waals surface area contributed by atoms with Crippen molar-refractivity contribution in [3.05, 3.63) is 71.8 Å². The predicted molar refractivity (Wildman–Crippen MR) is 92.1 cm³/mol. The van der Waals surface area contributed by atoms with E-state index in [1.165, 1.54) is 0 Å². The van der Waals surface area contributed by atoms with E-state index in [1.54, 1.807) is 4.90 Å². The summed E-state index contributed by atoms with van der Waals surface area (Å²) in [7, 11) is 0. The highest BCUT2D eigenvalue weighted by Crippen LogP contribution is 2.34. The van der Waals surface area contributed by atoms with Gasteiger partial charge in [-0.2, -0.15) is 0 Å². The molecule has 4 atom stereocenters. The van der Waals surface area contributed by atoms with Crippen molar-refractivity contribution in [2.24, 2.45) is 0 Å². The lowest BCUT2D eigenvalue weighted by Gasteiger charge is -2.39. The first-order valence-corrected chi connectivity index (χ1v) is 8.55. The topological polar surface area (TPSA) is 76.1 Å². The first-order chi connectivity index (χ1) is 12.6. The number of aliphatic carboxylic acids is 1. The molecule has 4 rings (SSSR count). The molecule has 2 saturated heterocycles. The number of nitrogens with zero attached hydrogens (tertiary/aromatic N) is 1. The minimum atomic E-state index is -1.14. The third-order valence-corrected chi connectivity index (χ3v) is 4.84. The summed E-state index contributed by atoms with van der Waals surface area (Å²) in [6, 6.07) is 18.9. The number of rotatable bonds is 5. The number of amides is 1. The smallest absolute Gasteiger partial charge is 0.335 e. The fourth-order valence-electron chi connectivity index (χ4n) is 3.60. The van der Waals surface area contributed by atoms with Crippen molar-refractivity contribution in [2.45, 2.75) is 37.5 Å². The van der Waals surface area contributed by atoms with E-state index in [9.17, 15) is 14.7 Å². The summed E-state index contributed by atoms with van der Waals surface area (Å²) in [5.41, 5.74) is 1.99. The Kier molecular flexibility index (Phi) is 4.44. The monoisotopic (exact) mass is 353 g/mol. The molecule has 2 aromatic carbocycles. The van der Waals surface area contributed by atoms with Crippen LogP contribution in [-0.2, 0) is 32.0 Å². The van der Waals surface area contributed by atoms with Crippen LogP contribution in [0.3, 0.4) is 0 Å². The highest BCUT2D eigenvalue weighted by molar-refractivity contribution is 5.84.